The summed E-state index contributed by atoms with van der Waals surface area (Å²) in [5.74, 6) is -0.845. The van der Waals surface area contributed by atoms with E-state index in [2.05, 4.69) is 5.32 Å². The van der Waals surface area contributed by atoms with Crippen molar-refractivity contribution in [1.29, 1.82) is 5.26 Å². The average molecular weight is 251 g/mol. The van der Waals surface area contributed by atoms with E-state index >= 15 is 0 Å². The predicted molar refractivity (Wildman–Crippen MR) is 67.4 cm³/mol. The van der Waals surface area contributed by atoms with Gasteiger partial charge < -0.3 is 5.32 Å². The SMILES string of the molecule is CCC(C#N)C(=O)NC(C)c1ccccc1Cl. The average Bonchev–Trinajstić information content (AvgIpc) is 2.31. The van der Waals surface area contributed by atoms with E-state index in [4.69, 9.17) is 16.9 Å². The lowest BCUT2D eigenvalue weighted by molar-refractivity contribution is -0.124. The van der Waals surface area contributed by atoms with E-state index in [0.717, 1.165) is 5.56 Å². The second-order valence-electron chi connectivity index (χ2n) is 3.84. The van der Waals surface area contributed by atoms with E-state index in [0.29, 0.717) is 11.4 Å². The summed E-state index contributed by atoms with van der Waals surface area (Å²) in [6, 6.07) is 9.13. The van der Waals surface area contributed by atoms with Crippen molar-refractivity contribution in [2.75, 3.05) is 0 Å². The fourth-order valence-corrected chi connectivity index (χ4v) is 1.85. The van der Waals surface area contributed by atoms with Crippen molar-refractivity contribution < 1.29 is 4.79 Å². The molecule has 0 aliphatic rings. The third kappa shape index (κ3) is 3.47. The van der Waals surface area contributed by atoms with Crippen LogP contribution in [0, 0.1) is 17.2 Å². The Morgan fingerprint density at radius 2 is 2.18 bits per heavy atom. The van der Waals surface area contributed by atoms with Crippen molar-refractivity contribution in [2.45, 2.75) is 26.3 Å². The van der Waals surface area contributed by atoms with Gasteiger partial charge in [0.1, 0.15) is 5.92 Å². The molecule has 0 radical (unpaired) electrons. The first-order valence-corrected chi connectivity index (χ1v) is 5.92. The quantitative estimate of drug-likeness (QED) is 0.893. The van der Waals surface area contributed by atoms with Crippen LogP contribution in [-0.4, -0.2) is 5.91 Å². The Balaban J connectivity index is 2.74. The summed E-state index contributed by atoms with van der Waals surface area (Å²) in [6.07, 6.45) is 0.511. The Hall–Kier alpha value is -1.53. The van der Waals surface area contributed by atoms with Crippen molar-refractivity contribution >= 4 is 17.5 Å². The molecule has 0 aliphatic heterocycles. The van der Waals surface area contributed by atoms with Crippen LogP contribution in [0.4, 0.5) is 0 Å². The largest absolute Gasteiger partial charge is 0.348 e. The van der Waals surface area contributed by atoms with Crippen LogP contribution in [0.25, 0.3) is 0 Å². The molecule has 1 aromatic rings. The minimum Gasteiger partial charge on any atom is -0.348 e. The minimum absolute atomic E-state index is 0.196. The zero-order valence-electron chi connectivity index (χ0n) is 9.90. The molecule has 0 saturated heterocycles. The number of rotatable bonds is 4. The molecule has 1 amide bonds. The molecule has 90 valence electrons. The first-order valence-electron chi connectivity index (χ1n) is 5.54. The number of benzene rings is 1. The van der Waals surface area contributed by atoms with Gasteiger partial charge in [-0.2, -0.15) is 5.26 Å². The monoisotopic (exact) mass is 250 g/mol. The molecule has 17 heavy (non-hydrogen) atoms. The highest BCUT2D eigenvalue weighted by molar-refractivity contribution is 6.31. The number of halogens is 1. The zero-order valence-corrected chi connectivity index (χ0v) is 10.7. The Kier molecular flexibility index (Phi) is 4.99. The highest BCUT2D eigenvalue weighted by Crippen LogP contribution is 2.22. The third-order valence-corrected chi connectivity index (χ3v) is 2.96. The van der Waals surface area contributed by atoms with Crippen molar-refractivity contribution in [1.82, 2.24) is 5.32 Å². The van der Waals surface area contributed by atoms with Gasteiger partial charge in [-0.05, 0) is 25.0 Å². The van der Waals surface area contributed by atoms with Gasteiger partial charge in [0.15, 0.2) is 0 Å². The van der Waals surface area contributed by atoms with Crippen molar-refractivity contribution in [2.24, 2.45) is 5.92 Å². The molecule has 0 spiro atoms. The van der Waals surface area contributed by atoms with Crippen molar-refractivity contribution in [3.8, 4) is 6.07 Å². The van der Waals surface area contributed by atoms with Gasteiger partial charge in [-0.25, -0.2) is 0 Å². The predicted octanol–water partition coefficient (Wildman–Crippen LogP) is 3.07. The van der Waals surface area contributed by atoms with E-state index in [9.17, 15) is 4.79 Å². The summed E-state index contributed by atoms with van der Waals surface area (Å²) in [4.78, 5) is 11.7. The van der Waals surface area contributed by atoms with Gasteiger partial charge in [0.05, 0.1) is 12.1 Å². The van der Waals surface area contributed by atoms with Gasteiger partial charge in [0.2, 0.25) is 5.91 Å². The molecule has 1 aromatic carbocycles. The molecule has 0 saturated carbocycles. The summed E-state index contributed by atoms with van der Waals surface area (Å²) in [6.45, 7) is 3.66. The molecule has 0 bridgehead atoms. The summed E-state index contributed by atoms with van der Waals surface area (Å²) in [5, 5.41) is 12.2. The molecule has 1 rings (SSSR count). The first-order chi connectivity index (χ1) is 8.10. The summed E-state index contributed by atoms with van der Waals surface area (Å²) < 4.78 is 0. The van der Waals surface area contributed by atoms with Crippen LogP contribution >= 0.6 is 11.6 Å². The molecule has 3 nitrogen and oxygen atoms in total. The van der Waals surface area contributed by atoms with Crippen LogP contribution < -0.4 is 5.32 Å². The first kappa shape index (κ1) is 13.5. The smallest absolute Gasteiger partial charge is 0.237 e. The number of carbonyl (C=O) groups excluding carboxylic acids is 1. The Morgan fingerprint density at radius 1 is 1.53 bits per heavy atom. The topological polar surface area (TPSA) is 52.9 Å². The Labute approximate surface area is 106 Å². The van der Waals surface area contributed by atoms with Gasteiger partial charge in [-0.3, -0.25) is 4.79 Å². The van der Waals surface area contributed by atoms with Gasteiger partial charge in [0, 0.05) is 5.02 Å². The van der Waals surface area contributed by atoms with E-state index in [1.165, 1.54) is 0 Å². The third-order valence-electron chi connectivity index (χ3n) is 2.61. The highest BCUT2D eigenvalue weighted by atomic mass is 35.5. The van der Waals surface area contributed by atoms with Crippen LogP contribution in [-0.2, 0) is 4.79 Å². The summed E-state index contributed by atoms with van der Waals surface area (Å²) in [7, 11) is 0. The van der Waals surface area contributed by atoms with Gasteiger partial charge in [0.25, 0.3) is 0 Å². The molecule has 0 aromatic heterocycles. The number of carbonyl (C=O) groups is 1. The second-order valence-corrected chi connectivity index (χ2v) is 4.25. The van der Waals surface area contributed by atoms with Gasteiger partial charge in [-0.15, -0.1) is 0 Å². The maximum atomic E-state index is 11.7. The number of nitrogens with one attached hydrogen (secondary N) is 1. The number of hydrogen-bond acceptors (Lipinski definition) is 2. The lowest BCUT2D eigenvalue weighted by Gasteiger charge is -2.17. The lowest BCUT2D eigenvalue weighted by atomic mass is 10.0. The molecule has 0 aliphatic carbocycles. The van der Waals surface area contributed by atoms with Crippen LogP contribution in [0.3, 0.4) is 0 Å². The van der Waals surface area contributed by atoms with Crippen LogP contribution in [0.1, 0.15) is 31.9 Å². The fraction of sp³-hybridized carbons (Fsp3) is 0.385. The van der Waals surface area contributed by atoms with E-state index in [1.807, 2.05) is 38.1 Å². The maximum Gasteiger partial charge on any atom is 0.237 e. The molecule has 2 atom stereocenters. The van der Waals surface area contributed by atoms with Crippen LogP contribution in [0.2, 0.25) is 5.02 Å². The zero-order chi connectivity index (χ0) is 12.8. The fourth-order valence-electron chi connectivity index (χ4n) is 1.55. The summed E-state index contributed by atoms with van der Waals surface area (Å²) >= 11 is 6.03. The van der Waals surface area contributed by atoms with E-state index in [-0.39, 0.29) is 11.9 Å². The molecule has 4 heteroatoms. The van der Waals surface area contributed by atoms with E-state index in [1.54, 1.807) is 6.07 Å². The minimum atomic E-state index is -0.597. The standard InChI is InChI=1S/C13H15ClN2O/c1-3-10(8-15)13(17)16-9(2)11-6-4-5-7-12(11)14/h4-7,9-10H,3H2,1-2H3,(H,16,17). The molecular weight excluding hydrogens is 236 g/mol. The lowest BCUT2D eigenvalue weighted by Crippen LogP contribution is -2.32. The normalized spacial score (nSPS) is 13.5. The molecule has 0 heterocycles. The van der Waals surface area contributed by atoms with Crippen molar-refractivity contribution in [3.05, 3.63) is 34.9 Å². The number of nitriles is 1. The second kappa shape index (κ2) is 6.27. The number of hydrogen-bond donors (Lipinski definition) is 1. The van der Waals surface area contributed by atoms with Crippen molar-refractivity contribution in [3.63, 3.8) is 0 Å². The van der Waals surface area contributed by atoms with E-state index < -0.39 is 5.92 Å². The Morgan fingerprint density at radius 3 is 2.71 bits per heavy atom. The van der Waals surface area contributed by atoms with Gasteiger partial charge in [-0.1, -0.05) is 36.7 Å². The van der Waals surface area contributed by atoms with Crippen LogP contribution in [0.15, 0.2) is 24.3 Å². The van der Waals surface area contributed by atoms with Gasteiger partial charge >= 0.3 is 0 Å². The molecule has 2 unspecified atom stereocenters. The Bertz CT molecular complexity index is 439. The highest BCUT2D eigenvalue weighted by Gasteiger charge is 2.18. The molecular formula is C13H15ClN2O. The molecule has 1 N–H and O–H groups in total. The van der Waals surface area contributed by atoms with Crippen LogP contribution in [0.5, 0.6) is 0 Å². The molecule has 0 fully saturated rings. The maximum absolute atomic E-state index is 11.7. The summed E-state index contributed by atoms with van der Waals surface area (Å²) in [5.41, 5.74) is 0.857. The number of nitrogens with zero attached hydrogens (tertiary/aromatic N) is 1. The number of amides is 1.